The number of hydrogen-bond acceptors (Lipinski definition) is 3. The molecule has 5 nitrogen and oxygen atoms in total. The van der Waals surface area contributed by atoms with Gasteiger partial charge >= 0.3 is 0 Å². The Bertz CT molecular complexity index is 483. The van der Waals surface area contributed by atoms with Crippen molar-refractivity contribution >= 4 is 17.5 Å². The summed E-state index contributed by atoms with van der Waals surface area (Å²) < 4.78 is 0. The summed E-state index contributed by atoms with van der Waals surface area (Å²) >= 11 is 5.68. The third-order valence-electron chi connectivity index (χ3n) is 1.98. The lowest BCUT2D eigenvalue weighted by Crippen LogP contribution is -2.22. The van der Waals surface area contributed by atoms with Crippen LogP contribution in [0.1, 0.15) is 16.1 Å². The van der Waals surface area contributed by atoms with Crippen molar-refractivity contribution < 1.29 is 4.79 Å². The zero-order chi connectivity index (χ0) is 11.4. The van der Waals surface area contributed by atoms with E-state index in [4.69, 9.17) is 11.6 Å². The number of aromatic nitrogens is 3. The highest BCUT2D eigenvalue weighted by Gasteiger charge is 2.06. The van der Waals surface area contributed by atoms with Crippen molar-refractivity contribution in [1.29, 1.82) is 0 Å². The van der Waals surface area contributed by atoms with Crippen LogP contribution in [0.4, 0.5) is 0 Å². The monoisotopic (exact) mass is 236 g/mol. The number of halogens is 1. The maximum atomic E-state index is 11.7. The topological polar surface area (TPSA) is 70.7 Å². The van der Waals surface area contributed by atoms with Crippen LogP contribution in [0.25, 0.3) is 0 Å². The Kier molecular flexibility index (Phi) is 3.16. The van der Waals surface area contributed by atoms with Crippen molar-refractivity contribution in [2.24, 2.45) is 0 Å². The van der Waals surface area contributed by atoms with Gasteiger partial charge in [0.25, 0.3) is 5.91 Å². The van der Waals surface area contributed by atoms with Crippen molar-refractivity contribution in [3.63, 3.8) is 0 Å². The molecule has 0 aliphatic heterocycles. The number of H-pyrrole nitrogens is 1. The van der Waals surface area contributed by atoms with E-state index in [9.17, 15) is 4.79 Å². The van der Waals surface area contributed by atoms with Gasteiger partial charge in [-0.05, 0) is 12.1 Å². The summed E-state index contributed by atoms with van der Waals surface area (Å²) in [5, 5.41) is 3.03. The summed E-state index contributed by atoms with van der Waals surface area (Å²) in [4.78, 5) is 22.2. The normalized spacial score (nSPS) is 10.1. The molecule has 0 saturated carbocycles. The summed E-state index contributed by atoms with van der Waals surface area (Å²) in [5.41, 5.74) is 1.33. The number of imidazole rings is 1. The van der Waals surface area contributed by atoms with Gasteiger partial charge in [-0.1, -0.05) is 11.6 Å². The van der Waals surface area contributed by atoms with Crippen LogP contribution in [0, 0.1) is 0 Å². The molecule has 0 spiro atoms. The van der Waals surface area contributed by atoms with Crippen molar-refractivity contribution in [3.8, 4) is 0 Å². The fourth-order valence-corrected chi connectivity index (χ4v) is 1.38. The SMILES string of the molecule is O=C(NCc1cnc[nH]1)c1ccnc(Cl)c1. The number of nitrogens with one attached hydrogen (secondary N) is 2. The molecule has 2 aromatic heterocycles. The van der Waals surface area contributed by atoms with Crippen LogP contribution in [0.5, 0.6) is 0 Å². The van der Waals surface area contributed by atoms with E-state index in [0.29, 0.717) is 17.3 Å². The van der Waals surface area contributed by atoms with Crippen molar-refractivity contribution in [2.45, 2.75) is 6.54 Å². The molecule has 0 aromatic carbocycles. The highest BCUT2D eigenvalue weighted by molar-refractivity contribution is 6.29. The van der Waals surface area contributed by atoms with Crippen LogP contribution in [-0.2, 0) is 6.54 Å². The van der Waals surface area contributed by atoms with Gasteiger partial charge in [-0.2, -0.15) is 0 Å². The fourth-order valence-electron chi connectivity index (χ4n) is 1.20. The van der Waals surface area contributed by atoms with Crippen molar-refractivity contribution in [2.75, 3.05) is 0 Å². The molecule has 0 radical (unpaired) electrons. The molecule has 16 heavy (non-hydrogen) atoms. The molecule has 6 heteroatoms. The lowest BCUT2D eigenvalue weighted by Gasteiger charge is -2.03. The molecule has 2 heterocycles. The third-order valence-corrected chi connectivity index (χ3v) is 2.19. The Balaban J connectivity index is 1.98. The van der Waals surface area contributed by atoms with Crippen LogP contribution < -0.4 is 5.32 Å². The standard InChI is InChI=1S/C10H9ClN4O/c11-9-3-7(1-2-13-9)10(16)14-5-8-4-12-6-15-8/h1-4,6H,5H2,(H,12,15)(H,14,16). The highest BCUT2D eigenvalue weighted by Crippen LogP contribution is 2.06. The van der Waals surface area contributed by atoms with E-state index in [1.54, 1.807) is 18.6 Å². The number of rotatable bonds is 3. The van der Waals surface area contributed by atoms with Gasteiger partial charge in [0, 0.05) is 18.0 Å². The van der Waals surface area contributed by atoms with E-state index in [-0.39, 0.29) is 5.91 Å². The van der Waals surface area contributed by atoms with Gasteiger partial charge in [0.15, 0.2) is 0 Å². The number of carbonyl (C=O) groups is 1. The van der Waals surface area contributed by atoms with Gasteiger partial charge in [-0.25, -0.2) is 9.97 Å². The molecule has 0 unspecified atom stereocenters. The number of nitrogens with zero attached hydrogens (tertiary/aromatic N) is 2. The van der Waals surface area contributed by atoms with Crippen LogP contribution in [0.2, 0.25) is 5.15 Å². The molecule has 82 valence electrons. The zero-order valence-electron chi connectivity index (χ0n) is 8.27. The maximum Gasteiger partial charge on any atom is 0.251 e. The van der Waals surface area contributed by atoms with E-state index in [1.807, 2.05) is 0 Å². The summed E-state index contributed by atoms with van der Waals surface area (Å²) in [6, 6.07) is 3.12. The second-order valence-electron chi connectivity index (χ2n) is 3.13. The van der Waals surface area contributed by atoms with E-state index >= 15 is 0 Å². The van der Waals surface area contributed by atoms with Crippen molar-refractivity contribution in [3.05, 3.63) is 47.3 Å². The molecule has 0 aliphatic carbocycles. The summed E-state index contributed by atoms with van der Waals surface area (Å²) in [6.07, 6.45) is 4.71. The Hall–Kier alpha value is -1.88. The maximum absolute atomic E-state index is 11.7. The zero-order valence-corrected chi connectivity index (χ0v) is 9.03. The van der Waals surface area contributed by atoms with Gasteiger partial charge in [0.2, 0.25) is 0 Å². The van der Waals surface area contributed by atoms with Gasteiger partial charge in [0.1, 0.15) is 5.15 Å². The first-order valence-electron chi connectivity index (χ1n) is 4.63. The number of hydrogen-bond donors (Lipinski definition) is 2. The summed E-state index contributed by atoms with van der Waals surface area (Å²) in [7, 11) is 0. The molecule has 0 atom stereocenters. The second kappa shape index (κ2) is 4.76. The van der Waals surface area contributed by atoms with E-state index in [1.165, 1.54) is 12.3 Å². The van der Waals surface area contributed by atoms with Crippen LogP contribution in [-0.4, -0.2) is 20.9 Å². The first-order valence-corrected chi connectivity index (χ1v) is 5.00. The average molecular weight is 237 g/mol. The molecule has 0 bridgehead atoms. The molecular formula is C10H9ClN4O. The highest BCUT2D eigenvalue weighted by atomic mass is 35.5. The Morgan fingerprint density at radius 3 is 3.12 bits per heavy atom. The second-order valence-corrected chi connectivity index (χ2v) is 3.51. The first-order chi connectivity index (χ1) is 7.75. The number of carbonyl (C=O) groups excluding carboxylic acids is 1. The smallest absolute Gasteiger partial charge is 0.251 e. The molecule has 0 fully saturated rings. The van der Waals surface area contributed by atoms with Gasteiger partial charge in [0.05, 0.1) is 18.6 Å². The minimum absolute atomic E-state index is 0.195. The quantitative estimate of drug-likeness (QED) is 0.791. The molecule has 1 amide bonds. The minimum Gasteiger partial charge on any atom is -0.347 e. The van der Waals surface area contributed by atoms with Gasteiger partial charge in [-0.3, -0.25) is 4.79 Å². The van der Waals surface area contributed by atoms with Crippen molar-refractivity contribution in [1.82, 2.24) is 20.3 Å². The predicted molar refractivity (Wildman–Crippen MR) is 59.0 cm³/mol. The Labute approximate surface area is 96.9 Å². The molecule has 0 saturated heterocycles. The summed E-state index contributed by atoms with van der Waals surface area (Å²) in [6.45, 7) is 0.402. The number of aromatic amines is 1. The first kappa shape index (κ1) is 10.6. The Morgan fingerprint density at radius 1 is 1.56 bits per heavy atom. The van der Waals surface area contributed by atoms with Crippen LogP contribution in [0.15, 0.2) is 30.9 Å². The molecule has 0 aliphatic rings. The molecule has 2 rings (SSSR count). The Morgan fingerprint density at radius 2 is 2.44 bits per heavy atom. The van der Waals surface area contributed by atoms with Gasteiger partial charge < -0.3 is 10.3 Å². The number of pyridine rings is 1. The molecule has 2 aromatic rings. The van der Waals surface area contributed by atoms with E-state index < -0.39 is 0 Å². The predicted octanol–water partition coefficient (Wildman–Crippen LogP) is 1.39. The minimum atomic E-state index is -0.195. The van der Waals surface area contributed by atoms with Crippen LogP contribution in [0.3, 0.4) is 0 Å². The lowest BCUT2D eigenvalue weighted by atomic mass is 10.2. The van der Waals surface area contributed by atoms with Crippen LogP contribution >= 0.6 is 11.6 Å². The van der Waals surface area contributed by atoms with E-state index in [2.05, 4.69) is 20.3 Å². The van der Waals surface area contributed by atoms with E-state index in [0.717, 1.165) is 5.69 Å². The summed E-state index contributed by atoms with van der Waals surface area (Å²) in [5.74, 6) is -0.195. The third kappa shape index (κ3) is 2.58. The number of amides is 1. The molecule has 2 N–H and O–H groups in total. The fraction of sp³-hybridized carbons (Fsp3) is 0.100. The average Bonchev–Trinajstić information content (AvgIpc) is 2.78. The largest absolute Gasteiger partial charge is 0.347 e. The molecular weight excluding hydrogens is 228 g/mol. The van der Waals surface area contributed by atoms with Gasteiger partial charge in [-0.15, -0.1) is 0 Å². The lowest BCUT2D eigenvalue weighted by molar-refractivity contribution is 0.0950.